The molecular weight excluding hydrogens is 396 g/mol. The van der Waals surface area contributed by atoms with Crippen LogP contribution in [0, 0.1) is 5.41 Å². The molecule has 6 heteroatoms. The molecule has 0 saturated carbocycles. The zero-order chi connectivity index (χ0) is 22.4. The van der Waals surface area contributed by atoms with Crippen LogP contribution in [-0.4, -0.2) is 44.3 Å². The van der Waals surface area contributed by atoms with Crippen molar-refractivity contribution in [1.29, 1.82) is 0 Å². The maximum absolute atomic E-state index is 11.7. The van der Waals surface area contributed by atoms with E-state index in [9.17, 15) is 4.79 Å². The van der Waals surface area contributed by atoms with Crippen LogP contribution >= 0.6 is 0 Å². The average molecular weight is 433 g/mol. The normalized spacial score (nSPS) is 28.4. The monoisotopic (exact) mass is 432 g/mol. The lowest BCUT2D eigenvalue weighted by Crippen LogP contribution is -2.45. The van der Waals surface area contributed by atoms with E-state index in [0.29, 0.717) is 13.0 Å². The van der Waals surface area contributed by atoms with Crippen molar-refractivity contribution < 1.29 is 28.5 Å². The fraction of sp³-hybridized carbons (Fsp3) is 0.640. The lowest BCUT2D eigenvalue weighted by Gasteiger charge is -2.40. The molecule has 0 spiro atoms. The van der Waals surface area contributed by atoms with Crippen molar-refractivity contribution in [3.8, 4) is 5.75 Å². The van der Waals surface area contributed by atoms with Crippen LogP contribution in [0.5, 0.6) is 5.75 Å². The third kappa shape index (κ3) is 6.55. The Balaban J connectivity index is 1.82. The predicted molar refractivity (Wildman–Crippen MR) is 118 cm³/mol. The lowest BCUT2D eigenvalue weighted by atomic mass is 9.80. The first-order chi connectivity index (χ1) is 14.8. The summed E-state index contributed by atoms with van der Waals surface area (Å²) in [5.74, 6) is 0.536. The molecule has 1 aliphatic heterocycles. The van der Waals surface area contributed by atoms with Crippen LogP contribution in [0.15, 0.2) is 35.9 Å². The molecule has 1 aromatic rings. The van der Waals surface area contributed by atoms with Crippen molar-refractivity contribution in [3.63, 3.8) is 0 Å². The first-order valence-electron chi connectivity index (χ1n) is 11.2. The van der Waals surface area contributed by atoms with Gasteiger partial charge < -0.3 is 23.7 Å². The highest BCUT2D eigenvalue weighted by molar-refractivity contribution is 5.66. The maximum atomic E-state index is 11.7. The van der Waals surface area contributed by atoms with Crippen LogP contribution in [0.25, 0.3) is 0 Å². The largest absolute Gasteiger partial charge is 0.497 e. The van der Waals surface area contributed by atoms with E-state index < -0.39 is 0 Å². The Kier molecular flexibility index (Phi) is 8.14. The average Bonchev–Trinajstić information content (AvgIpc) is 2.82. The molecule has 2 aliphatic rings. The molecule has 1 saturated heterocycles. The number of esters is 1. The molecular formula is C25H36O6. The lowest BCUT2D eigenvalue weighted by molar-refractivity contribution is -0.232. The van der Waals surface area contributed by atoms with E-state index in [2.05, 4.69) is 19.9 Å². The van der Waals surface area contributed by atoms with Gasteiger partial charge in [0.25, 0.3) is 0 Å². The molecule has 0 aromatic heterocycles. The molecule has 0 bridgehead atoms. The van der Waals surface area contributed by atoms with Gasteiger partial charge in [0.1, 0.15) is 18.0 Å². The highest BCUT2D eigenvalue weighted by Crippen LogP contribution is 2.40. The molecule has 172 valence electrons. The Morgan fingerprint density at radius 3 is 2.55 bits per heavy atom. The van der Waals surface area contributed by atoms with E-state index in [1.807, 2.05) is 31.2 Å². The predicted octanol–water partition coefficient (Wildman–Crippen LogP) is 4.80. The summed E-state index contributed by atoms with van der Waals surface area (Å²) in [5, 5.41) is 0. The van der Waals surface area contributed by atoms with Crippen LogP contribution in [0.1, 0.15) is 58.9 Å². The van der Waals surface area contributed by atoms with Gasteiger partial charge >= 0.3 is 5.97 Å². The molecule has 1 aliphatic carbocycles. The Labute approximate surface area is 185 Å². The highest BCUT2D eigenvalue weighted by Gasteiger charge is 2.43. The van der Waals surface area contributed by atoms with E-state index in [-0.39, 0.29) is 36.0 Å². The van der Waals surface area contributed by atoms with Gasteiger partial charge in [0.15, 0.2) is 6.29 Å². The zero-order valence-electron chi connectivity index (χ0n) is 19.4. The second-order valence-electron chi connectivity index (χ2n) is 9.18. The molecule has 0 N–H and O–H groups in total. The van der Waals surface area contributed by atoms with Gasteiger partial charge in [-0.05, 0) is 61.3 Å². The SMILES string of the molecule is COc1ccc(COC2C=C(C)C(OC(C)=O)CC(C)(C)C2OC2CCCCO2)cc1. The van der Waals surface area contributed by atoms with Gasteiger partial charge in [-0.3, -0.25) is 4.79 Å². The van der Waals surface area contributed by atoms with Gasteiger partial charge in [-0.15, -0.1) is 0 Å². The second kappa shape index (κ2) is 10.6. The van der Waals surface area contributed by atoms with Gasteiger partial charge in [-0.2, -0.15) is 0 Å². The summed E-state index contributed by atoms with van der Waals surface area (Å²) < 4.78 is 29.7. The Hall–Kier alpha value is -1.89. The van der Waals surface area contributed by atoms with Gasteiger partial charge in [-0.1, -0.05) is 32.1 Å². The summed E-state index contributed by atoms with van der Waals surface area (Å²) in [5.41, 5.74) is 1.75. The van der Waals surface area contributed by atoms with Crippen molar-refractivity contribution in [1.82, 2.24) is 0 Å². The molecule has 1 heterocycles. The van der Waals surface area contributed by atoms with E-state index in [4.69, 9.17) is 23.7 Å². The molecule has 3 rings (SSSR count). The standard InChI is InChI=1S/C25H36O6/c1-17-14-21(29-16-19-9-11-20(27-5)12-10-19)24(31-23-8-6-7-13-28-23)25(3,4)15-22(17)30-18(2)26/h9-12,14,21-24H,6-8,13,15-16H2,1-5H3. The molecule has 31 heavy (non-hydrogen) atoms. The minimum absolute atomic E-state index is 0.232. The molecule has 0 amide bonds. The number of carbonyl (C=O) groups excluding carboxylic acids is 1. The smallest absolute Gasteiger partial charge is 0.303 e. The van der Waals surface area contributed by atoms with Gasteiger partial charge in [0.05, 0.1) is 19.8 Å². The topological polar surface area (TPSA) is 63.2 Å². The summed E-state index contributed by atoms with van der Waals surface area (Å²) in [6.45, 7) is 8.90. The number of ether oxygens (including phenoxy) is 5. The number of rotatable bonds is 7. The van der Waals surface area contributed by atoms with E-state index in [0.717, 1.165) is 42.8 Å². The minimum Gasteiger partial charge on any atom is -0.497 e. The first-order valence-corrected chi connectivity index (χ1v) is 11.2. The Morgan fingerprint density at radius 2 is 1.94 bits per heavy atom. The van der Waals surface area contributed by atoms with E-state index in [1.165, 1.54) is 6.92 Å². The number of hydrogen-bond acceptors (Lipinski definition) is 6. The number of methoxy groups -OCH3 is 1. The maximum Gasteiger partial charge on any atom is 0.303 e. The number of hydrogen-bond donors (Lipinski definition) is 0. The first kappa shape index (κ1) is 23.8. The number of benzene rings is 1. The minimum atomic E-state index is -0.292. The van der Waals surface area contributed by atoms with Crippen molar-refractivity contribution >= 4 is 5.97 Å². The van der Waals surface area contributed by atoms with Crippen molar-refractivity contribution in [2.24, 2.45) is 5.41 Å². The van der Waals surface area contributed by atoms with Crippen LogP contribution in [0.3, 0.4) is 0 Å². The highest BCUT2D eigenvalue weighted by atomic mass is 16.7. The van der Waals surface area contributed by atoms with Crippen molar-refractivity contribution in [2.45, 2.75) is 84.6 Å². The third-order valence-corrected chi connectivity index (χ3v) is 6.06. The molecule has 4 atom stereocenters. The molecule has 4 unspecified atom stereocenters. The summed E-state index contributed by atoms with van der Waals surface area (Å²) in [7, 11) is 1.65. The second-order valence-corrected chi connectivity index (χ2v) is 9.18. The Bertz CT molecular complexity index is 748. The zero-order valence-corrected chi connectivity index (χ0v) is 19.4. The third-order valence-electron chi connectivity index (χ3n) is 6.06. The fourth-order valence-corrected chi connectivity index (χ4v) is 4.28. The van der Waals surface area contributed by atoms with Crippen molar-refractivity contribution in [2.75, 3.05) is 13.7 Å². The molecule has 1 aromatic carbocycles. The number of carbonyl (C=O) groups is 1. The van der Waals surface area contributed by atoms with Crippen LogP contribution in [0.4, 0.5) is 0 Å². The van der Waals surface area contributed by atoms with E-state index in [1.54, 1.807) is 7.11 Å². The van der Waals surface area contributed by atoms with Crippen molar-refractivity contribution in [3.05, 3.63) is 41.5 Å². The van der Waals surface area contributed by atoms with Gasteiger partial charge in [0.2, 0.25) is 0 Å². The van der Waals surface area contributed by atoms with Crippen LogP contribution in [0.2, 0.25) is 0 Å². The van der Waals surface area contributed by atoms with Crippen LogP contribution in [-0.2, 0) is 30.3 Å². The fourth-order valence-electron chi connectivity index (χ4n) is 4.28. The summed E-state index contributed by atoms with van der Waals surface area (Å²) in [4.78, 5) is 11.7. The molecule has 6 nitrogen and oxygen atoms in total. The van der Waals surface area contributed by atoms with Gasteiger partial charge in [-0.25, -0.2) is 0 Å². The van der Waals surface area contributed by atoms with E-state index >= 15 is 0 Å². The Morgan fingerprint density at radius 1 is 1.19 bits per heavy atom. The summed E-state index contributed by atoms with van der Waals surface area (Å²) in [6.07, 6.45) is 4.72. The van der Waals surface area contributed by atoms with Gasteiger partial charge in [0, 0.05) is 13.5 Å². The van der Waals surface area contributed by atoms with Crippen LogP contribution < -0.4 is 4.74 Å². The summed E-state index contributed by atoms with van der Waals surface area (Å²) >= 11 is 0. The molecule has 1 fully saturated rings. The summed E-state index contributed by atoms with van der Waals surface area (Å²) in [6, 6.07) is 7.85. The quantitative estimate of drug-likeness (QED) is 0.456. The molecule has 0 radical (unpaired) electrons.